The quantitative estimate of drug-likeness (QED) is 0.140. The lowest BCUT2D eigenvalue weighted by Gasteiger charge is -2.27. The molecule has 0 atom stereocenters. The number of carbonyl (C=O) groups excluding carboxylic acids is 2. The number of ether oxygens (including phenoxy) is 3. The number of hydrogen-bond donors (Lipinski definition) is 2. The summed E-state index contributed by atoms with van der Waals surface area (Å²) < 4.78 is 15.6. The van der Waals surface area contributed by atoms with Gasteiger partial charge in [0.25, 0.3) is 0 Å². The molecule has 0 aromatic heterocycles. The molecule has 0 aromatic rings. The van der Waals surface area contributed by atoms with Gasteiger partial charge < -0.3 is 29.7 Å². The zero-order valence-corrected chi connectivity index (χ0v) is 45.0. The molecule has 0 unspecified atom stereocenters. The molecule has 7 aliphatic rings. The van der Waals surface area contributed by atoms with E-state index < -0.39 is 0 Å². The first-order chi connectivity index (χ1) is 31.4. The maximum Gasteiger partial charge on any atom is 0.320 e. The predicted octanol–water partition coefficient (Wildman–Crippen LogP) is 14.0. The number of unbranched alkanes of at least 4 members (excludes halogenated alkanes) is 1. The fourth-order valence-corrected chi connectivity index (χ4v) is 8.52. The highest BCUT2D eigenvalue weighted by Gasteiger charge is 2.20. The summed E-state index contributed by atoms with van der Waals surface area (Å²) in [5.74, 6) is -0.174. The van der Waals surface area contributed by atoms with Crippen LogP contribution in [-0.4, -0.2) is 112 Å². The van der Waals surface area contributed by atoms with E-state index >= 15 is 0 Å². The lowest BCUT2D eigenvalue weighted by Crippen LogP contribution is -2.37. The summed E-state index contributed by atoms with van der Waals surface area (Å²) >= 11 is 0. The Balaban J connectivity index is 0.000000748. The summed E-state index contributed by atoms with van der Waals surface area (Å²) in [4.78, 5) is 27.4. The van der Waals surface area contributed by atoms with E-state index in [2.05, 4.69) is 27.4 Å². The molecule has 0 spiro atoms. The second kappa shape index (κ2) is 46.5. The highest BCUT2D eigenvalue weighted by atomic mass is 16.6. The fourth-order valence-electron chi connectivity index (χ4n) is 8.52. The molecule has 3 saturated carbocycles. The van der Waals surface area contributed by atoms with Gasteiger partial charge in [0, 0.05) is 19.8 Å². The van der Waals surface area contributed by atoms with E-state index in [9.17, 15) is 9.59 Å². The molecular formula is C56H114N4O5. The van der Waals surface area contributed by atoms with Crippen LogP contribution in [-0.2, 0) is 23.8 Å². The second-order valence-corrected chi connectivity index (χ2v) is 21.5. The van der Waals surface area contributed by atoms with E-state index in [1.54, 1.807) is 0 Å². The van der Waals surface area contributed by atoms with Crippen molar-refractivity contribution in [2.45, 2.75) is 272 Å². The maximum atomic E-state index is 11.5. The van der Waals surface area contributed by atoms with Crippen LogP contribution >= 0.6 is 0 Å². The van der Waals surface area contributed by atoms with Crippen LogP contribution in [0.4, 0.5) is 0 Å². The third-order valence-electron chi connectivity index (χ3n) is 12.3. The van der Waals surface area contributed by atoms with Gasteiger partial charge in [-0.2, -0.15) is 0 Å². The highest BCUT2D eigenvalue weighted by Crippen LogP contribution is 2.17. The van der Waals surface area contributed by atoms with Crippen molar-refractivity contribution >= 4 is 11.9 Å². The van der Waals surface area contributed by atoms with Gasteiger partial charge in [0.1, 0.15) is 11.2 Å². The molecule has 0 bridgehead atoms. The Hall–Kier alpha value is -1.26. The Labute approximate surface area is 405 Å². The second-order valence-electron chi connectivity index (χ2n) is 21.5. The van der Waals surface area contributed by atoms with Gasteiger partial charge in [-0.05, 0) is 159 Å². The largest absolute Gasteiger partial charge is 0.460 e. The van der Waals surface area contributed by atoms with Crippen molar-refractivity contribution in [1.82, 2.24) is 20.4 Å². The Morgan fingerprint density at radius 2 is 0.831 bits per heavy atom. The number of rotatable bonds is 8. The standard InChI is InChI=1S/C12H23NO2.C11H21NO2.C7H14.C6H12.C5H11N.C5H13N.C5H10O.C5H10/c1-12(2,3)15-11(14)7-10-13-8-5-4-6-9-13;1-11(2,3)14-10(13)9-12-7-5-4-6-8-12;1-2-4-6-7-5-3-1;2*1-2-4-6-5-3-1;1-3-4-5-6-2;1-2-4-6-5-3-1;1-2-4-5-3-1/h4-10H2,1-3H3;4-9H2,1-3H3;1-7H2;1-6H2;6H,1-5H2;6H,3-5H2,1-2H3;1-5H2;1-5H2. The van der Waals surface area contributed by atoms with Crippen LogP contribution in [0.25, 0.3) is 0 Å². The van der Waals surface area contributed by atoms with Crippen molar-refractivity contribution in [2.24, 2.45) is 0 Å². The van der Waals surface area contributed by atoms with Crippen molar-refractivity contribution in [1.29, 1.82) is 0 Å². The van der Waals surface area contributed by atoms with Crippen molar-refractivity contribution in [3.05, 3.63) is 0 Å². The average molecular weight is 924 g/mol. The first-order valence-corrected chi connectivity index (χ1v) is 28.2. The smallest absolute Gasteiger partial charge is 0.320 e. The molecule has 4 saturated heterocycles. The van der Waals surface area contributed by atoms with Crippen LogP contribution in [0.1, 0.15) is 260 Å². The van der Waals surface area contributed by atoms with Gasteiger partial charge in [-0.1, -0.05) is 148 Å². The van der Waals surface area contributed by atoms with Crippen LogP contribution in [0.3, 0.4) is 0 Å². The average Bonchev–Trinajstić information content (AvgIpc) is 3.77. The summed E-state index contributed by atoms with van der Waals surface area (Å²) in [5.41, 5.74) is -0.703. The first kappa shape index (κ1) is 63.7. The number of hydrogen-bond acceptors (Lipinski definition) is 9. The molecule has 65 heavy (non-hydrogen) atoms. The number of esters is 2. The summed E-state index contributed by atoms with van der Waals surface area (Å²) in [5, 5.41) is 6.35. The predicted molar refractivity (Wildman–Crippen MR) is 280 cm³/mol. The van der Waals surface area contributed by atoms with E-state index in [-0.39, 0.29) is 23.1 Å². The number of likely N-dealkylation sites (tertiary alicyclic amines) is 2. The third kappa shape index (κ3) is 52.0. The lowest BCUT2D eigenvalue weighted by atomic mass is 10.0. The summed E-state index contributed by atoms with van der Waals surface area (Å²) in [6, 6.07) is 0. The molecule has 9 heteroatoms. The Bertz CT molecular complexity index is 893. The van der Waals surface area contributed by atoms with E-state index in [1.165, 1.54) is 219 Å². The monoisotopic (exact) mass is 923 g/mol. The number of nitrogens with zero attached hydrogens (tertiary/aromatic N) is 2. The maximum absolute atomic E-state index is 11.5. The molecule has 0 radical (unpaired) electrons. The van der Waals surface area contributed by atoms with Crippen LogP contribution in [0, 0.1) is 0 Å². The van der Waals surface area contributed by atoms with Gasteiger partial charge >= 0.3 is 11.9 Å². The molecule has 9 nitrogen and oxygen atoms in total. The Kier molecular flexibility index (Phi) is 45.6. The molecular weight excluding hydrogens is 809 g/mol. The van der Waals surface area contributed by atoms with E-state index in [1.807, 2.05) is 48.6 Å². The molecule has 0 amide bonds. The van der Waals surface area contributed by atoms with Gasteiger partial charge in [-0.15, -0.1) is 0 Å². The van der Waals surface area contributed by atoms with Crippen molar-refractivity contribution in [3.8, 4) is 0 Å². The Morgan fingerprint density at radius 1 is 0.492 bits per heavy atom. The van der Waals surface area contributed by atoms with Crippen LogP contribution in [0.5, 0.6) is 0 Å². The zero-order valence-electron chi connectivity index (χ0n) is 45.0. The minimum absolute atomic E-state index is 0.0759. The van der Waals surface area contributed by atoms with Crippen molar-refractivity contribution < 1.29 is 23.8 Å². The summed E-state index contributed by atoms with van der Waals surface area (Å²) in [6.07, 6.45) is 45.9. The number of nitrogens with one attached hydrogen (secondary N) is 2. The topological polar surface area (TPSA) is 92.4 Å². The molecule has 0 aromatic carbocycles. The molecule has 7 rings (SSSR count). The zero-order chi connectivity index (χ0) is 48.0. The molecule has 3 aliphatic carbocycles. The highest BCUT2D eigenvalue weighted by molar-refractivity contribution is 5.72. The Morgan fingerprint density at radius 3 is 1.09 bits per heavy atom. The van der Waals surface area contributed by atoms with Gasteiger partial charge in [-0.3, -0.25) is 14.5 Å². The number of carbonyl (C=O) groups is 2. The van der Waals surface area contributed by atoms with E-state index in [0.717, 1.165) is 52.5 Å². The fraction of sp³-hybridized carbons (Fsp3) is 0.964. The van der Waals surface area contributed by atoms with E-state index in [0.29, 0.717) is 13.0 Å². The molecule has 7 fully saturated rings. The van der Waals surface area contributed by atoms with Crippen LogP contribution < -0.4 is 10.6 Å². The molecule has 4 aliphatic heterocycles. The first-order valence-electron chi connectivity index (χ1n) is 28.2. The van der Waals surface area contributed by atoms with Crippen LogP contribution in [0.2, 0.25) is 0 Å². The molecule has 2 N–H and O–H groups in total. The normalized spacial score (nSPS) is 20.4. The van der Waals surface area contributed by atoms with E-state index in [4.69, 9.17) is 14.2 Å². The van der Waals surface area contributed by atoms with Crippen molar-refractivity contribution in [3.63, 3.8) is 0 Å². The number of piperidine rings is 3. The summed E-state index contributed by atoms with van der Waals surface area (Å²) in [6.45, 7) is 25.0. The minimum Gasteiger partial charge on any atom is -0.460 e. The molecule has 388 valence electrons. The van der Waals surface area contributed by atoms with Gasteiger partial charge in [0.05, 0.1) is 13.0 Å². The van der Waals surface area contributed by atoms with Crippen LogP contribution in [0.15, 0.2) is 0 Å². The SMILES string of the molecule is C1CCCC1.C1CCCCC1.C1CCCCCC1.C1CCNCC1.C1CCOCC1.CC(C)(C)OC(=O)CCN1CCCCC1.CC(C)(C)OC(=O)CN1CCCCC1.CCCCNC. The van der Waals surface area contributed by atoms with Gasteiger partial charge in [0.2, 0.25) is 0 Å². The third-order valence-corrected chi connectivity index (χ3v) is 12.3. The minimum atomic E-state index is -0.354. The lowest BCUT2D eigenvalue weighted by molar-refractivity contribution is -0.157. The summed E-state index contributed by atoms with van der Waals surface area (Å²) in [7, 11) is 1.98. The molecule has 4 heterocycles. The van der Waals surface area contributed by atoms with Crippen molar-refractivity contribution in [2.75, 3.05) is 79.2 Å². The van der Waals surface area contributed by atoms with Gasteiger partial charge in [0.15, 0.2) is 0 Å². The van der Waals surface area contributed by atoms with Gasteiger partial charge in [-0.25, -0.2) is 0 Å².